The van der Waals surface area contributed by atoms with Gasteiger partial charge in [-0.25, -0.2) is 4.79 Å². The molecule has 1 heterocycles. The minimum Gasteiger partial charge on any atom is -0.341 e. The molecule has 24 heavy (non-hydrogen) atoms. The highest BCUT2D eigenvalue weighted by atomic mass is 16.2. The summed E-state index contributed by atoms with van der Waals surface area (Å²) >= 11 is 0. The van der Waals surface area contributed by atoms with Crippen molar-refractivity contribution in [3.8, 4) is 0 Å². The van der Waals surface area contributed by atoms with Crippen LogP contribution in [0.4, 0.5) is 5.69 Å². The number of carbonyl (C=O) groups is 2. The van der Waals surface area contributed by atoms with Gasteiger partial charge in [-0.2, -0.15) is 0 Å². The van der Waals surface area contributed by atoms with Crippen molar-refractivity contribution in [3.05, 3.63) is 64.6 Å². The number of rotatable bonds is 4. The van der Waals surface area contributed by atoms with Gasteiger partial charge < -0.3 is 20.6 Å². The molecule has 0 radical (unpaired) electrons. The smallest absolute Gasteiger partial charge is 0.323 e. The fourth-order valence-electron chi connectivity index (χ4n) is 2.30. The maximum Gasteiger partial charge on any atom is 0.323 e. The molecule has 0 saturated carbocycles. The minimum atomic E-state index is -0.710. The lowest BCUT2D eigenvalue weighted by Gasteiger charge is -2.14. The SMILES string of the molecule is C[C@@H](NC(=O)c1ccccc1)C(=O)Nc1ccc2[nH]c(=O)[nH]c2c1. The molecule has 0 bridgehead atoms. The number of nitrogens with one attached hydrogen (secondary N) is 4. The first-order valence-corrected chi connectivity index (χ1v) is 7.42. The third kappa shape index (κ3) is 3.35. The van der Waals surface area contributed by atoms with Crippen molar-refractivity contribution in [1.29, 1.82) is 0 Å². The van der Waals surface area contributed by atoms with E-state index in [2.05, 4.69) is 20.6 Å². The van der Waals surface area contributed by atoms with Gasteiger partial charge in [-0.05, 0) is 37.3 Å². The van der Waals surface area contributed by atoms with Gasteiger partial charge in [0.2, 0.25) is 5.91 Å². The zero-order chi connectivity index (χ0) is 17.1. The van der Waals surface area contributed by atoms with E-state index < -0.39 is 6.04 Å². The molecular formula is C17H16N4O3. The highest BCUT2D eigenvalue weighted by Gasteiger charge is 2.16. The first kappa shape index (κ1) is 15.5. The third-order valence-corrected chi connectivity index (χ3v) is 3.56. The number of aromatic nitrogens is 2. The van der Waals surface area contributed by atoms with Crippen LogP contribution < -0.4 is 16.3 Å². The number of anilines is 1. The van der Waals surface area contributed by atoms with Gasteiger partial charge in [0.05, 0.1) is 11.0 Å². The molecule has 0 saturated heterocycles. The Labute approximate surface area is 137 Å². The Morgan fingerprint density at radius 2 is 1.71 bits per heavy atom. The van der Waals surface area contributed by atoms with Crippen LogP contribution >= 0.6 is 0 Å². The van der Waals surface area contributed by atoms with Gasteiger partial charge in [-0.1, -0.05) is 18.2 Å². The summed E-state index contributed by atoms with van der Waals surface area (Å²) in [6.45, 7) is 1.60. The van der Waals surface area contributed by atoms with Gasteiger partial charge in [0.1, 0.15) is 6.04 Å². The molecule has 1 atom stereocenters. The van der Waals surface area contributed by atoms with E-state index in [0.29, 0.717) is 22.3 Å². The molecule has 0 aliphatic carbocycles. The van der Waals surface area contributed by atoms with Crippen molar-refractivity contribution >= 4 is 28.5 Å². The van der Waals surface area contributed by atoms with E-state index in [1.807, 2.05) is 6.07 Å². The predicted octanol–water partition coefficient (Wildman–Crippen LogP) is 1.61. The molecule has 2 aromatic carbocycles. The van der Waals surface area contributed by atoms with Crippen LogP contribution in [0, 0.1) is 0 Å². The molecule has 0 aliphatic heterocycles. The van der Waals surface area contributed by atoms with E-state index in [1.165, 1.54) is 0 Å². The number of amides is 2. The standard InChI is InChI=1S/C17H16N4O3/c1-10(18-16(23)11-5-3-2-4-6-11)15(22)19-12-7-8-13-14(9-12)21-17(24)20-13/h2-10H,1H3,(H,18,23)(H,19,22)(H2,20,21,24)/t10-/m1/s1. The lowest BCUT2D eigenvalue weighted by atomic mass is 10.2. The number of hydrogen-bond donors (Lipinski definition) is 4. The zero-order valence-electron chi connectivity index (χ0n) is 12.9. The molecule has 7 nitrogen and oxygen atoms in total. The van der Waals surface area contributed by atoms with Crippen LogP contribution in [-0.2, 0) is 4.79 Å². The first-order valence-electron chi connectivity index (χ1n) is 7.42. The van der Waals surface area contributed by atoms with Gasteiger partial charge in [0.25, 0.3) is 5.91 Å². The Morgan fingerprint density at radius 3 is 2.46 bits per heavy atom. The van der Waals surface area contributed by atoms with Crippen molar-refractivity contribution in [2.75, 3.05) is 5.32 Å². The Bertz CT molecular complexity index is 943. The second kappa shape index (κ2) is 6.41. The van der Waals surface area contributed by atoms with Gasteiger partial charge >= 0.3 is 5.69 Å². The number of carbonyl (C=O) groups excluding carboxylic acids is 2. The largest absolute Gasteiger partial charge is 0.341 e. The fourth-order valence-corrected chi connectivity index (χ4v) is 2.30. The quantitative estimate of drug-likeness (QED) is 0.585. The summed E-state index contributed by atoms with van der Waals surface area (Å²) in [6, 6.07) is 13.0. The number of imidazole rings is 1. The van der Waals surface area contributed by atoms with Crippen molar-refractivity contribution in [1.82, 2.24) is 15.3 Å². The summed E-state index contributed by atoms with van der Waals surface area (Å²) in [5.74, 6) is -0.666. The number of hydrogen-bond acceptors (Lipinski definition) is 3. The summed E-state index contributed by atoms with van der Waals surface area (Å²) < 4.78 is 0. The predicted molar refractivity (Wildman–Crippen MR) is 90.9 cm³/mol. The summed E-state index contributed by atoms with van der Waals surface area (Å²) in [7, 11) is 0. The van der Waals surface area contributed by atoms with E-state index in [-0.39, 0.29) is 17.5 Å². The van der Waals surface area contributed by atoms with Crippen LogP contribution in [0.1, 0.15) is 17.3 Å². The van der Waals surface area contributed by atoms with Crippen LogP contribution in [0.25, 0.3) is 11.0 Å². The molecule has 0 spiro atoms. The molecule has 1 aromatic heterocycles. The number of aromatic amines is 2. The Balaban J connectivity index is 1.66. The molecular weight excluding hydrogens is 308 g/mol. The maximum absolute atomic E-state index is 12.2. The summed E-state index contributed by atoms with van der Waals surface area (Å²) in [5.41, 5.74) is 1.96. The highest BCUT2D eigenvalue weighted by Crippen LogP contribution is 2.14. The monoisotopic (exact) mass is 324 g/mol. The maximum atomic E-state index is 12.2. The van der Waals surface area contributed by atoms with Crippen molar-refractivity contribution in [3.63, 3.8) is 0 Å². The van der Waals surface area contributed by atoms with Crippen molar-refractivity contribution in [2.24, 2.45) is 0 Å². The highest BCUT2D eigenvalue weighted by molar-refractivity contribution is 6.01. The average Bonchev–Trinajstić information content (AvgIpc) is 2.94. The molecule has 0 unspecified atom stereocenters. The second-order valence-corrected chi connectivity index (χ2v) is 5.39. The zero-order valence-corrected chi connectivity index (χ0v) is 12.9. The Morgan fingerprint density at radius 1 is 1.00 bits per heavy atom. The minimum absolute atomic E-state index is 0.308. The van der Waals surface area contributed by atoms with Crippen LogP contribution in [0.3, 0.4) is 0 Å². The lowest BCUT2D eigenvalue weighted by Crippen LogP contribution is -2.41. The number of H-pyrrole nitrogens is 2. The van der Waals surface area contributed by atoms with Gasteiger partial charge in [0.15, 0.2) is 0 Å². The van der Waals surface area contributed by atoms with E-state index in [1.54, 1.807) is 49.4 Å². The summed E-state index contributed by atoms with van der Waals surface area (Å²) in [4.78, 5) is 40.8. The van der Waals surface area contributed by atoms with Crippen LogP contribution in [0.15, 0.2) is 53.3 Å². The Hall–Kier alpha value is -3.35. The molecule has 122 valence electrons. The molecule has 3 aromatic rings. The van der Waals surface area contributed by atoms with Crippen molar-refractivity contribution in [2.45, 2.75) is 13.0 Å². The normalized spacial score (nSPS) is 11.9. The third-order valence-electron chi connectivity index (χ3n) is 3.56. The topological polar surface area (TPSA) is 107 Å². The van der Waals surface area contributed by atoms with Gasteiger partial charge in [0, 0.05) is 11.3 Å². The van der Waals surface area contributed by atoms with Crippen molar-refractivity contribution < 1.29 is 9.59 Å². The van der Waals surface area contributed by atoms with E-state index in [4.69, 9.17) is 0 Å². The van der Waals surface area contributed by atoms with Crippen LogP contribution in [0.5, 0.6) is 0 Å². The molecule has 0 fully saturated rings. The second-order valence-electron chi connectivity index (χ2n) is 5.39. The molecule has 2 amide bonds. The van der Waals surface area contributed by atoms with Crippen LogP contribution in [0.2, 0.25) is 0 Å². The van der Waals surface area contributed by atoms with E-state index in [9.17, 15) is 14.4 Å². The molecule has 4 N–H and O–H groups in total. The van der Waals surface area contributed by atoms with E-state index in [0.717, 1.165) is 0 Å². The molecule has 7 heteroatoms. The summed E-state index contributed by atoms with van der Waals surface area (Å²) in [5, 5.41) is 5.35. The van der Waals surface area contributed by atoms with Gasteiger partial charge in [-0.3, -0.25) is 9.59 Å². The fraction of sp³-hybridized carbons (Fsp3) is 0.118. The van der Waals surface area contributed by atoms with Crippen LogP contribution in [-0.4, -0.2) is 27.8 Å². The Kier molecular flexibility index (Phi) is 4.15. The first-order chi connectivity index (χ1) is 11.5. The van der Waals surface area contributed by atoms with E-state index >= 15 is 0 Å². The lowest BCUT2D eigenvalue weighted by molar-refractivity contribution is -0.117. The number of fused-ring (bicyclic) bond motifs is 1. The number of benzene rings is 2. The molecule has 0 aliphatic rings. The van der Waals surface area contributed by atoms with Gasteiger partial charge in [-0.15, -0.1) is 0 Å². The summed E-state index contributed by atoms with van der Waals surface area (Å²) in [6.07, 6.45) is 0. The average molecular weight is 324 g/mol. The molecule has 3 rings (SSSR count).